The summed E-state index contributed by atoms with van der Waals surface area (Å²) in [6, 6.07) is 8.72. The van der Waals surface area contributed by atoms with Crippen molar-refractivity contribution in [3.63, 3.8) is 0 Å². The second kappa shape index (κ2) is 7.33. The molecule has 1 N–H and O–H groups in total. The van der Waals surface area contributed by atoms with Crippen LogP contribution in [0, 0.1) is 5.92 Å². The molecular formula is C15H25NO. The van der Waals surface area contributed by atoms with Gasteiger partial charge in [0.05, 0.1) is 6.61 Å². The van der Waals surface area contributed by atoms with Crippen LogP contribution in [0.1, 0.15) is 45.2 Å². The molecule has 1 atom stereocenters. The highest BCUT2D eigenvalue weighted by Crippen LogP contribution is 2.20. The SMILES string of the molecule is CCC(CC)COc1cccc(C(C)NC)c1. The Hall–Kier alpha value is -1.02. The zero-order chi connectivity index (χ0) is 12.7. The van der Waals surface area contributed by atoms with Gasteiger partial charge in [-0.3, -0.25) is 0 Å². The molecule has 96 valence electrons. The second-order valence-corrected chi connectivity index (χ2v) is 4.58. The number of ether oxygens (including phenoxy) is 1. The van der Waals surface area contributed by atoms with Gasteiger partial charge in [-0.25, -0.2) is 0 Å². The average Bonchev–Trinajstić information content (AvgIpc) is 2.39. The van der Waals surface area contributed by atoms with Crippen LogP contribution in [0.5, 0.6) is 5.75 Å². The molecule has 1 aromatic rings. The first kappa shape index (κ1) is 14.0. The molecule has 0 amide bonds. The predicted molar refractivity (Wildman–Crippen MR) is 73.5 cm³/mol. The van der Waals surface area contributed by atoms with E-state index < -0.39 is 0 Å². The number of benzene rings is 1. The van der Waals surface area contributed by atoms with Gasteiger partial charge < -0.3 is 10.1 Å². The van der Waals surface area contributed by atoms with Gasteiger partial charge in [0.2, 0.25) is 0 Å². The monoisotopic (exact) mass is 235 g/mol. The minimum atomic E-state index is 0.367. The van der Waals surface area contributed by atoms with Gasteiger partial charge in [-0.1, -0.05) is 38.8 Å². The fraction of sp³-hybridized carbons (Fsp3) is 0.600. The molecule has 0 saturated heterocycles. The Morgan fingerprint density at radius 3 is 2.53 bits per heavy atom. The zero-order valence-corrected chi connectivity index (χ0v) is 11.5. The summed E-state index contributed by atoms with van der Waals surface area (Å²) in [7, 11) is 1.97. The number of nitrogens with one attached hydrogen (secondary N) is 1. The van der Waals surface area contributed by atoms with Crippen LogP contribution in [0.4, 0.5) is 0 Å². The molecule has 17 heavy (non-hydrogen) atoms. The van der Waals surface area contributed by atoms with E-state index in [9.17, 15) is 0 Å². The molecule has 2 nitrogen and oxygen atoms in total. The lowest BCUT2D eigenvalue weighted by molar-refractivity contribution is 0.240. The van der Waals surface area contributed by atoms with Crippen LogP contribution in [0.2, 0.25) is 0 Å². The van der Waals surface area contributed by atoms with Crippen LogP contribution in [0.25, 0.3) is 0 Å². The van der Waals surface area contributed by atoms with Crippen molar-refractivity contribution in [1.29, 1.82) is 0 Å². The summed E-state index contributed by atoms with van der Waals surface area (Å²) in [5.41, 5.74) is 1.27. The Bertz CT molecular complexity index is 320. The molecule has 1 aromatic carbocycles. The largest absolute Gasteiger partial charge is 0.493 e. The van der Waals surface area contributed by atoms with Crippen molar-refractivity contribution in [2.45, 2.75) is 39.7 Å². The van der Waals surface area contributed by atoms with E-state index in [4.69, 9.17) is 4.74 Å². The topological polar surface area (TPSA) is 21.3 Å². The van der Waals surface area contributed by atoms with Crippen LogP contribution >= 0.6 is 0 Å². The second-order valence-electron chi connectivity index (χ2n) is 4.58. The molecular weight excluding hydrogens is 210 g/mol. The van der Waals surface area contributed by atoms with Crippen molar-refractivity contribution in [2.24, 2.45) is 5.92 Å². The first-order chi connectivity index (χ1) is 8.21. The molecule has 0 aliphatic heterocycles. The summed E-state index contributed by atoms with van der Waals surface area (Å²) >= 11 is 0. The Morgan fingerprint density at radius 1 is 1.24 bits per heavy atom. The number of hydrogen-bond donors (Lipinski definition) is 1. The highest BCUT2D eigenvalue weighted by Gasteiger charge is 2.06. The van der Waals surface area contributed by atoms with Crippen LogP contribution in [-0.4, -0.2) is 13.7 Å². The van der Waals surface area contributed by atoms with E-state index in [1.54, 1.807) is 0 Å². The lowest BCUT2D eigenvalue weighted by atomic mass is 10.1. The summed E-state index contributed by atoms with van der Waals surface area (Å²) in [6.07, 6.45) is 2.37. The molecule has 0 aromatic heterocycles. The number of hydrogen-bond acceptors (Lipinski definition) is 2. The Kier molecular flexibility index (Phi) is 6.06. The average molecular weight is 235 g/mol. The predicted octanol–water partition coefficient (Wildman–Crippen LogP) is 3.78. The Balaban J connectivity index is 2.59. The third-order valence-corrected chi connectivity index (χ3v) is 3.43. The van der Waals surface area contributed by atoms with Crippen LogP contribution in [0.15, 0.2) is 24.3 Å². The highest BCUT2D eigenvalue weighted by molar-refractivity contribution is 5.30. The third kappa shape index (κ3) is 4.39. The first-order valence-corrected chi connectivity index (χ1v) is 6.61. The van der Waals surface area contributed by atoms with E-state index in [2.05, 4.69) is 44.3 Å². The molecule has 0 aliphatic carbocycles. The van der Waals surface area contributed by atoms with Crippen molar-refractivity contribution >= 4 is 0 Å². The lowest BCUT2D eigenvalue weighted by Gasteiger charge is -2.16. The quantitative estimate of drug-likeness (QED) is 0.776. The van der Waals surface area contributed by atoms with Gasteiger partial charge in [0.1, 0.15) is 5.75 Å². The molecule has 0 spiro atoms. The summed E-state index contributed by atoms with van der Waals surface area (Å²) in [4.78, 5) is 0. The molecule has 2 heteroatoms. The van der Waals surface area contributed by atoms with Crippen LogP contribution in [-0.2, 0) is 0 Å². The normalized spacial score (nSPS) is 12.8. The van der Waals surface area contributed by atoms with E-state index in [-0.39, 0.29) is 0 Å². The maximum absolute atomic E-state index is 5.86. The van der Waals surface area contributed by atoms with E-state index in [1.807, 2.05) is 13.1 Å². The fourth-order valence-electron chi connectivity index (χ4n) is 1.78. The molecule has 0 heterocycles. The van der Waals surface area contributed by atoms with Crippen molar-refractivity contribution in [1.82, 2.24) is 5.32 Å². The van der Waals surface area contributed by atoms with Gasteiger partial charge in [0, 0.05) is 6.04 Å². The minimum absolute atomic E-state index is 0.367. The van der Waals surface area contributed by atoms with E-state index in [0.717, 1.165) is 12.4 Å². The van der Waals surface area contributed by atoms with Crippen molar-refractivity contribution < 1.29 is 4.74 Å². The van der Waals surface area contributed by atoms with Crippen molar-refractivity contribution in [2.75, 3.05) is 13.7 Å². The van der Waals surface area contributed by atoms with Crippen LogP contribution in [0.3, 0.4) is 0 Å². The van der Waals surface area contributed by atoms with E-state index in [0.29, 0.717) is 12.0 Å². The maximum atomic E-state index is 5.86. The highest BCUT2D eigenvalue weighted by atomic mass is 16.5. The summed E-state index contributed by atoms with van der Waals surface area (Å²) < 4.78 is 5.86. The molecule has 0 saturated carbocycles. The Morgan fingerprint density at radius 2 is 1.94 bits per heavy atom. The van der Waals surface area contributed by atoms with Crippen molar-refractivity contribution in [3.8, 4) is 5.75 Å². The molecule has 1 rings (SSSR count). The summed E-state index contributed by atoms with van der Waals surface area (Å²) in [5.74, 6) is 1.65. The van der Waals surface area contributed by atoms with Gasteiger partial charge in [-0.05, 0) is 37.6 Å². The Labute approximate surface area is 105 Å². The van der Waals surface area contributed by atoms with E-state index >= 15 is 0 Å². The van der Waals surface area contributed by atoms with Crippen LogP contribution < -0.4 is 10.1 Å². The lowest BCUT2D eigenvalue weighted by Crippen LogP contribution is -2.13. The molecule has 0 bridgehead atoms. The smallest absolute Gasteiger partial charge is 0.119 e. The third-order valence-electron chi connectivity index (χ3n) is 3.43. The van der Waals surface area contributed by atoms with Gasteiger partial charge in [-0.2, -0.15) is 0 Å². The summed E-state index contributed by atoms with van der Waals surface area (Å²) in [5, 5.41) is 3.24. The minimum Gasteiger partial charge on any atom is -0.493 e. The zero-order valence-electron chi connectivity index (χ0n) is 11.5. The van der Waals surface area contributed by atoms with Crippen molar-refractivity contribution in [3.05, 3.63) is 29.8 Å². The van der Waals surface area contributed by atoms with Gasteiger partial charge in [0.25, 0.3) is 0 Å². The van der Waals surface area contributed by atoms with Gasteiger partial charge in [0.15, 0.2) is 0 Å². The fourth-order valence-corrected chi connectivity index (χ4v) is 1.78. The van der Waals surface area contributed by atoms with Gasteiger partial charge in [-0.15, -0.1) is 0 Å². The summed E-state index contributed by atoms with van der Waals surface area (Å²) in [6.45, 7) is 7.42. The first-order valence-electron chi connectivity index (χ1n) is 6.61. The molecule has 0 fully saturated rings. The maximum Gasteiger partial charge on any atom is 0.119 e. The molecule has 1 unspecified atom stereocenters. The van der Waals surface area contributed by atoms with E-state index in [1.165, 1.54) is 18.4 Å². The molecule has 0 aliphatic rings. The van der Waals surface area contributed by atoms with Gasteiger partial charge >= 0.3 is 0 Å². The molecule has 0 radical (unpaired) electrons. The standard InChI is InChI=1S/C15H25NO/c1-5-13(6-2)11-17-15-9-7-8-14(10-15)12(3)16-4/h7-10,12-13,16H,5-6,11H2,1-4H3. The number of rotatable bonds is 7.